The van der Waals surface area contributed by atoms with Crippen LogP contribution < -0.4 is 5.32 Å². The molecule has 2 bridgehead atoms. The van der Waals surface area contributed by atoms with Crippen molar-refractivity contribution < 1.29 is 31.5 Å². The number of benzene rings is 2. The van der Waals surface area contributed by atoms with Crippen LogP contribution in [0.5, 0.6) is 0 Å². The number of aliphatic hydroxyl groups is 1. The van der Waals surface area contributed by atoms with Gasteiger partial charge in [-0.2, -0.15) is 0 Å². The highest BCUT2D eigenvalue weighted by atomic mass is 35.5. The first-order valence-corrected chi connectivity index (χ1v) is 14.0. The number of hydrogen-bond acceptors (Lipinski definition) is 5. The first-order valence-electron chi connectivity index (χ1n) is 12.1. The smallest absolute Gasteiger partial charge is 0.255 e. The summed E-state index contributed by atoms with van der Waals surface area (Å²) < 4.78 is 68.0. The van der Waals surface area contributed by atoms with E-state index < -0.39 is 44.0 Å². The van der Waals surface area contributed by atoms with Crippen LogP contribution in [0.15, 0.2) is 59.8 Å². The van der Waals surface area contributed by atoms with Gasteiger partial charge in [0.1, 0.15) is 5.60 Å². The Bertz CT molecular complexity index is 1590. The van der Waals surface area contributed by atoms with Crippen LogP contribution in [0.2, 0.25) is 5.02 Å². The Labute approximate surface area is 228 Å². The number of halogens is 4. The van der Waals surface area contributed by atoms with Gasteiger partial charge >= 0.3 is 0 Å². The van der Waals surface area contributed by atoms with Crippen molar-refractivity contribution in [1.82, 2.24) is 4.98 Å². The zero-order valence-corrected chi connectivity index (χ0v) is 21.9. The van der Waals surface area contributed by atoms with Crippen molar-refractivity contribution in [3.05, 3.63) is 88.5 Å². The number of anilines is 1. The van der Waals surface area contributed by atoms with Crippen molar-refractivity contribution in [2.75, 3.05) is 5.32 Å². The monoisotopic (exact) mass is 574 g/mol. The van der Waals surface area contributed by atoms with Gasteiger partial charge in [-0.25, -0.2) is 21.6 Å². The molecule has 0 aliphatic heterocycles. The molecule has 5 rings (SSSR count). The number of pyridine rings is 1. The predicted molar refractivity (Wildman–Crippen MR) is 138 cm³/mol. The molecule has 1 amide bonds. The minimum absolute atomic E-state index is 0.0804. The Morgan fingerprint density at radius 3 is 2.26 bits per heavy atom. The third-order valence-electron chi connectivity index (χ3n) is 7.26. The van der Waals surface area contributed by atoms with Crippen LogP contribution in [-0.4, -0.2) is 35.3 Å². The summed E-state index contributed by atoms with van der Waals surface area (Å²) in [5, 5.41) is 12.5. The Morgan fingerprint density at radius 2 is 1.64 bits per heavy atom. The molecule has 3 unspecified atom stereocenters. The fourth-order valence-corrected chi connectivity index (χ4v) is 8.44. The number of nitrogens with one attached hydrogen (secondary N) is 1. The number of amides is 1. The van der Waals surface area contributed by atoms with E-state index in [0.717, 1.165) is 6.07 Å². The van der Waals surface area contributed by atoms with Crippen molar-refractivity contribution >= 4 is 33.0 Å². The summed E-state index contributed by atoms with van der Waals surface area (Å²) in [6, 6.07) is 8.31. The van der Waals surface area contributed by atoms with E-state index in [1.807, 2.05) is 0 Å². The quantitative estimate of drug-likeness (QED) is 0.332. The Morgan fingerprint density at radius 1 is 1.03 bits per heavy atom. The van der Waals surface area contributed by atoms with Gasteiger partial charge in [0.05, 0.1) is 15.2 Å². The Balaban J connectivity index is 1.39. The van der Waals surface area contributed by atoms with Crippen LogP contribution in [-0.2, 0) is 9.84 Å². The fraction of sp³-hybridized carbons (Fsp3) is 0.286. The SMILES string of the molecule is O=C(Nc1cc(F)c(F)c(F)c1)c1ccc(Cl)c(S(=O)(=O)C2C3CC[C@H]2CC(O)(C#Cc2ccncc2)C3)c1. The molecular formula is C28H22ClF3N2O4S. The van der Waals surface area contributed by atoms with Crippen LogP contribution in [0, 0.1) is 41.1 Å². The number of carbonyl (C=O) groups excluding carboxylic acids is 1. The van der Waals surface area contributed by atoms with E-state index in [1.165, 1.54) is 12.1 Å². The minimum Gasteiger partial charge on any atom is -0.378 e. The van der Waals surface area contributed by atoms with Crippen molar-refractivity contribution in [2.45, 2.75) is 41.4 Å². The lowest BCUT2D eigenvalue weighted by atomic mass is 9.77. The van der Waals surface area contributed by atoms with Crippen LogP contribution in [0.3, 0.4) is 0 Å². The third-order valence-corrected chi connectivity index (χ3v) is 10.1. The molecule has 1 heterocycles. The highest BCUT2D eigenvalue weighted by Crippen LogP contribution is 2.51. The molecule has 0 saturated heterocycles. The highest BCUT2D eigenvalue weighted by molar-refractivity contribution is 7.92. The number of hydrogen-bond donors (Lipinski definition) is 2. The van der Waals surface area contributed by atoms with E-state index in [1.54, 1.807) is 24.5 Å². The van der Waals surface area contributed by atoms with Crippen LogP contribution in [0.4, 0.5) is 18.9 Å². The highest BCUT2D eigenvalue weighted by Gasteiger charge is 2.54. The Kier molecular flexibility index (Phi) is 7.18. The number of carbonyl (C=O) groups is 1. The maximum Gasteiger partial charge on any atom is 0.255 e. The summed E-state index contributed by atoms with van der Waals surface area (Å²) >= 11 is 6.28. The Hall–Kier alpha value is -3.39. The lowest BCUT2D eigenvalue weighted by molar-refractivity contribution is 0.0340. The predicted octanol–water partition coefficient (Wildman–Crippen LogP) is 5.15. The molecule has 2 N–H and O–H groups in total. The van der Waals surface area contributed by atoms with E-state index in [2.05, 4.69) is 22.1 Å². The molecule has 1 aromatic heterocycles. The van der Waals surface area contributed by atoms with E-state index in [9.17, 15) is 31.5 Å². The molecule has 2 fully saturated rings. The first kappa shape index (κ1) is 27.2. The van der Waals surface area contributed by atoms with Gasteiger partial charge in [0.15, 0.2) is 27.3 Å². The van der Waals surface area contributed by atoms with Gasteiger partial charge in [-0.05, 0) is 67.9 Å². The van der Waals surface area contributed by atoms with Gasteiger partial charge in [-0.1, -0.05) is 23.4 Å². The second-order valence-corrected chi connectivity index (χ2v) is 12.4. The molecule has 2 aliphatic carbocycles. The number of fused-ring (bicyclic) bond motifs is 2. The summed E-state index contributed by atoms with van der Waals surface area (Å²) in [5.41, 5.74) is -1.11. The molecule has 0 radical (unpaired) electrons. The summed E-state index contributed by atoms with van der Waals surface area (Å²) in [5.74, 6) is -0.376. The first-order chi connectivity index (χ1) is 18.5. The van der Waals surface area contributed by atoms with Gasteiger partial charge in [-0.3, -0.25) is 9.78 Å². The summed E-state index contributed by atoms with van der Waals surface area (Å²) in [7, 11) is -4.04. The maximum atomic E-state index is 13.8. The molecule has 202 valence electrons. The minimum atomic E-state index is -4.04. The molecule has 2 aromatic carbocycles. The number of nitrogens with zero attached hydrogens (tertiary/aromatic N) is 1. The standard InChI is InChI=1S/C28H22ClF3N2O4S/c29-21-4-3-17(27(35)34-20-12-22(30)25(32)23(31)13-20)11-24(21)39(37,38)26-18-1-2-19(26)15-28(36,14-18)8-5-16-6-9-33-10-7-16/h3-4,6-7,9-13,18-19,26,36H,1-2,14-15H2,(H,34,35)/t18-,19?,26?,28?/m0/s1. The molecule has 0 spiro atoms. The average molecular weight is 575 g/mol. The molecule has 4 atom stereocenters. The van der Waals surface area contributed by atoms with Crippen molar-refractivity contribution in [2.24, 2.45) is 11.8 Å². The normalized spacial score (nSPS) is 24.1. The van der Waals surface area contributed by atoms with Gasteiger partial charge < -0.3 is 10.4 Å². The van der Waals surface area contributed by atoms with Gasteiger partial charge in [0.25, 0.3) is 5.91 Å². The summed E-state index contributed by atoms with van der Waals surface area (Å²) in [4.78, 5) is 16.5. The molecular weight excluding hydrogens is 553 g/mol. The topological polar surface area (TPSA) is 96.4 Å². The molecule has 2 saturated carbocycles. The van der Waals surface area contributed by atoms with Crippen LogP contribution >= 0.6 is 11.6 Å². The largest absolute Gasteiger partial charge is 0.378 e. The number of aromatic nitrogens is 1. The van der Waals surface area contributed by atoms with Gasteiger partial charge in [0.2, 0.25) is 0 Å². The second-order valence-electron chi connectivity index (χ2n) is 9.89. The molecule has 39 heavy (non-hydrogen) atoms. The van der Waals surface area contributed by atoms with Crippen LogP contribution in [0.25, 0.3) is 0 Å². The van der Waals surface area contributed by atoms with E-state index in [0.29, 0.717) is 30.5 Å². The molecule has 11 heteroatoms. The van der Waals surface area contributed by atoms with Gasteiger partial charge in [0, 0.05) is 41.3 Å². The summed E-state index contributed by atoms with van der Waals surface area (Å²) in [6.07, 6.45) is 4.71. The van der Waals surface area contributed by atoms with E-state index in [4.69, 9.17) is 11.6 Å². The van der Waals surface area contributed by atoms with E-state index in [-0.39, 0.29) is 45.8 Å². The van der Waals surface area contributed by atoms with Crippen molar-refractivity contribution in [3.8, 4) is 11.8 Å². The average Bonchev–Trinajstić information content (AvgIpc) is 3.20. The zero-order chi connectivity index (χ0) is 27.9. The fourth-order valence-electron chi connectivity index (χ4n) is 5.60. The molecule has 3 aromatic rings. The lowest BCUT2D eigenvalue weighted by Crippen LogP contribution is -2.45. The third kappa shape index (κ3) is 5.39. The van der Waals surface area contributed by atoms with Crippen molar-refractivity contribution in [1.29, 1.82) is 0 Å². The zero-order valence-electron chi connectivity index (χ0n) is 20.3. The van der Waals surface area contributed by atoms with Gasteiger partial charge in [-0.15, -0.1) is 0 Å². The molecule has 2 aliphatic rings. The number of sulfone groups is 1. The number of rotatable bonds is 4. The maximum absolute atomic E-state index is 13.8. The summed E-state index contributed by atoms with van der Waals surface area (Å²) in [6.45, 7) is 0. The second kappa shape index (κ2) is 10.3. The molecule has 6 nitrogen and oxygen atoms in total. The lowest BCUT2D eigenvalue weighted by Gasteiger charge is -2.38. The van der Waals surface area contributed by atoms with Crippen molar-refractivity contribution in [3.63, 3.8) is 0 Å². The van der Waals surface area contributed by atoms with E-state index >= 15 is 0 Å². The van der Waals surface area contributed by atoms with Crippen LogP contribution in [0.1, 0.15) is 41.6 Å².